The lowest BCUT2D eigenvalue weighted by Crippen LogP contribution is -2.41. The number of nitrogens with one attached hydrogen (secondary N) is 1. The third-order valence-corrected chi connectivity index (χ3v) is 4.15. The summed E-state index contributed by atoms with van der Waals surface area (Å²) in [5.41, 5.74) is 0. The van der Waals surface area contributed by atoms with E-state index in [0.717, 1.165) is 50.2 Å². The second kappa shape index (κ2) is 7.06. The highest BCUT2D eigenvalue weighted by molar-refractivity contribution is 4.94. The Morgan fingerprint density at radius 3 is 3.05 bits per heavy atom. The van der Waals surface area contributed by atoms with E-state index in [-0.39, 0.29) is 0 Å². The van der Waals surface area contributed by atoms with Crippen molar-refractivity contribution in [3.05, 3.63) is 17.8 Å². The summed E-state index contributed by atoms with van der Waals surface area (Å²) < 4.78 is 5.73. The minimum absolute atomic E-state index is 0.591. The molecule has 0 amide bonds. The fourth-order valence-electron chi connectivity index (χ4n) is 2.61. The van der Waals surface area contributed by atoms with Gasteiger partial charge in [0.2, 0.25) is 5.89 Å². The summed E-state index contributed by atoms with van der Waals surface area (Å²) in [4.78, 5) is 6.85. The molecule has 0 bridgehead atoms. The van der Waals surface area contributed by atoms with Crippen molar-refractivity contribution in [2.75, 3.05) is 19.6 Å². The van der Waals surface area contributed by atoms with Crippen LogP contribution in [0, 0.1) is 5.92 Å². The van der Waals surface area contributed by atoms with Crippen molar-refractivity contribution in [2.24, 2.45) is 5.92 Å². The summed E-state index contributed by atoms with van der Waals surface area (Å²) in [6.07, 6.45) is 5.21. The molecule has 1 aliphatic heterocycles. The van der Waals surface area contributed by atoms with Gasteiger partial charge in [0.15, 0.2) is 0 Å². The third-order valence-electron chi connectivity index (χ3n) is 4.15. The minimum Gasteiger partial charge on any atom is -0.444 e. The van der Waals surface area contributed by atoms with Gasteiger partial charge >= 0.3 is 0 Å². The van der Waals surface area contributed by atoms with Crippen LogP contribution < -0.4 is 5.32 Å². The zero-order chi connectivity index (χ0) is 13.7. The monoisotopic (exact) mass is 265 g/mol. The highest BCUT2D eigenvalue weighted by atomic mass is 16.4. The van der Waals surface area contributed by atoms with E-state index >= 15 is 0 Å². The Morgan fingerprint density at radius 2 is 2.37 bits per heavy atom. The van der Waals surface area contributed by atoms with E-state index in [9.17, 15) is 0 Å². The fraction of sp³-hybridized carbons (Fsp3) is 0.800. The van der Waals surface area contributed by atoms with Gasteiger partial charge in [-0.2, -0.15) is 0 Å². The van der Waals surface area contributed by atoms with E-state index in [1.807, 2.05) is 6.20 Å². The lowest BCUT2D eigenvalue weighted by atomic mass is 9.99. The van der Waals surface area contributed by atoms with E-state index < -0.39 is 0 Å². The first-order valence-corrected chi connectivity index (χ1v) is 7.62. The highest BCUT2D eigenvalue weighted by Crippen LogP contribution is 2.15. The van der Waals surface area contributed by atoms with E-state index in [4.69, 9.17) is 4.42 Å². The van der Waals surface area contributed by atoms with Gasteiger partial charge in [-0.3, -0.25) is 4.90 Å². The first-order valence-electron chi connectivity index (χ1n) is 7.62. The number of oxazole rings is 1. The Hall–Kier alpha value is -0.870. The zero-order valence-corrected chi connectivity index (χ0v) is 12.5. The van der Waals surface area contributed by atoms with Crippen molar-refractivity contribution in [2.45, 2.75) is 52.6 Å². The van der Waals surface area contributed by atoms with Crippen molar-refractivity contribution in [1.82, 2.24) is 15.2 Å². The van der Waals surface area contributed by atoms with Crippen molar-refractivity contribution in [3.8, 4) is 0 Å². The van der Waals surface area contributed by atoms with E-state index in [2.05, 4.69) is 36.0 Å². The van der Waals surface area contributed by atoms with Crippen LogP contribution in [0.4, 0.5) is 0 Å². The number of hydrogen-bond donors (Lipinski definition) is 1. The maximum atomic E-state index is 5.73. The van der Waals surface area contributed by atoms with E-state index in [0.29, 0.717) is 6.04 Å². The van der Waals surface area contributed by atoms with Gasteiger partial charge in [-0.1, -0.05) is 27.2 Å². The maximum absolute atomic E-state index is 5.73. The van der Waals surface area contributed by atoms with Gasteiger partial charge < -0.3 is 9.73 Å². The largest absolute Gasteiger partial charge is 0.444 e. The number of aryl methyl sites for hydroxylation is 1. The Bertz CT molecular complexity index is 377. The second-order valence-corrected chi connectivity index (χ2v) is 5.61. The lowest BCUT2D eigenvalue weighted by molar-refractivity contribution is 0.211. The first-order chi connectivity index (χ1) is 9.22. The quantitative estimate of drug-likeness (QED) is 0.888. The van der Waals surface area contributed by atoms with Gasteiger partial charge in [0.25, 0.3) is 0 Å². The van der Waals surface area contributed by atoms with Crippen molar-refractivity contribution in [3.63, 3.8) is 0 Å². The number of aromatic nitrogens is 1. The fourth-order valence-corrected chi connectivity index (χ4v) is 2.61. The Kier molecular flexibility index (Phi) is 5.40. The Labute approximate surface area is 116 Å². The van der Waals surface area contributed by atoms with Crippen molar-refractivity contribution in [1.29, 1.82) is 0 Å². The molecule has 4 nitrogen and oxygen atoms in total. The number of nitrogens with zero attached hydrogens (tertiary/aromatic N) is 2. The van der Waals surface area contributed by atoms with Crippen molar-refractivity contribution >= 4 is 0 Å². The molecule has 0 radical (unpaired) electrons. The standard InChI is InChI=1S/C15H27N3O/c1-4-12(3)14-10-18(8-6-7-16-14)11-15-17-9-13(5-2)19-15/h9,12,14,16H,4-8,10-11H2,1-3H3. The van der Waals surface area contributed by atoms with Crippen LogP contribution in [0.3, 0.4) is 0 Å². The molecule has 2 unspecified atom stereocenters. The molecule has 1 aliphatic rings. The molecule has 2 heterocycles. The van der Waals surface area contributed by atoms with Gasteiger partial charge in [0, 0.05) is 19.0 Å². The molecule has 19 heavy (non-hydrogen) atoms. The van der Waals surface area contributed by atoms with Gasteiger partial charge in [0.1, 0.15) is 5.76 Å². The average molecular weight is 265 g/mol. The highest BCUT2D eigenvalue weighted by Gasteiger charge is 2.22. The topological polar surface area (TPSA) is 41.3 Å². The zero-order valence-electron chi connectivity index (χ0n) is 12.5. The summed E-state index contributed by atoms with van der Waals surface area (Å²) in [5, 5.41) is 3.67. The maximum Gasteiger partial charge on any atom is 0.208 e. The molecule has 0 saturated carbocycles. The van der Waals surface area contributed by atoms with Gasteiger partial charge in [-0.25, -0.2) is 4.98 Å². The number of rotatable bonds is 5. The Balaban J connectivity index is 1.94. The molecule has 1 aromatic heterocycles. The predicted octanol–water partition coefficient (Wildman–Crippen LogP) is 2.45. The summed E-state index contributed by atoms with van der Waals surface area (Å²) in [5.74, 6) is 2.57. The van der Waals surface area contributed by atoms with Gasteiger partial charge in [-0.05, 0) is 25.4 Å². The van der Waals surface area contributed by atoms with Crippen LogP contribution in [0.5, 0.6) is 0 Å². The van der Waals surface area contributed by atoms with Crippen LogP contribution >= 0.6 is 0 Å². The molecule has 2 atom stereocenters. The van der Waals surface area contributed by atoms with Crippen LogP contribution in [0.1, 0.15) is 45.3 Å². The third kappa shape index (κ3) is 4.05. The van der Waals surface area contributed by atoms with Crippen LogP contribution in [0.15, 0.2) is 10.6 Å². The average Bonchev–Trinajstić information content (AvgIpc) is 2.75. The number of hydrogen-bond acceptors (Lipinski definition) is 4. The smallest absolute Gasteiger partial charge is 0.208 e. The second-order valence-electron chi connectivity index (χ2n) is 5.61. The summed E-state index contributed by atoms with van der Waals surface area (Å²) in [7, 11) is 0. The molecule has 1 N–H and O–H groups in total. The van der Waals surface area contributed by atoms with Crippen LogP contribution in [-0.2, 0) is 13.0 Å². The SMILES string of the molecule is CCc1cnc(CN2CCCNC(C(C)CC)C2)o1. The van der Waals surface area contributed by atoms with Gasteiger partial charge in [0.05, 0.1) is 12.7 Å². The van der Waals surface area contributed by atoms with Gasteiger partial charge in [-0.15, -0.1) is 0 Å². The molecular formula is C15H27N3O. The first kappa shape index (κ1) is 14.5. The normalized spacial score (nSPS) is 23.2. The molecule has 108 valence electrons. The molecule has 0 aromatic carbocycles. The predicted molar refractivity (Wildman–Crippen MR) is 77.0 cm³/mol. The molecule has 4 heteroatoms. The molecule has 1 saturated heterocycles. The van der Waals surface area contributed by atoms with Crippen LogP contribution in [-0.4, -0.2) is 35.6 Å². The molecule has 0 spiro atoms. The van der Waals surface area contributed by atoms with Crippen LogP contribution in [0.2, 0.25) is 0 Å². The molecule has 1 aromatic rings. The summed E-state index contributed by atoms with van der Waals surface area (Å²) in [6.45, 7) is 10.9. The Morgan fingerprint density at radius 1 is 1.53 bits per heavy atom. The summed E-state index contributed by atoms with van der Waals surface area (Å²) >= 11 is 0. The van der Waals surface area contributed by atoms with Crippen molar-refractivity contribution < 1.29 is 4.42 Å². The minimum atomic E-state index is 0.591. The lowest BCUT2D eigenvalue weighted by Gasteiger charge is -2.27. The van der Waals surface area contributed by atoms with E-state index in [1.165, 1.54) is 12.8 Å². The molecule has 0 aliphatic carbocycles. The molecular weight excluding hydrogens is 238 g/mol. The summed E-state index contributed by atoms with van der Waals surface area (Å²) in [6, 6.07) is 0.591. The molecule has 2 rings (SSSR count). The van der Waals surface area contributed by atoms with Crippen LogP contribution in [0.25, 0.3) is 0 Å². The van der Waals surface area contributed by atoms with E-state index in [1.54, 1.807) is 0 Å². The molecule has 1 fully saturated rings.